The number of ether oxygens (including phenoxy) is 1. The number of hydrogen-bond acceptors (Lipinski definition) is 3. The zero-order valence-corrected chi connectivity index (χ0v) is 11.3. The molecular weight excluding hydrogens is 293 g/mol. The summed E-state index contributed by atoms with van der Waals surface area (Å²) in [6.07, 6.45) is 0.370. The van der Waals surface area contributed by atoms with Crippen molar-refractivity contribution in [3.05, 3.63) is 33.3 Å². The summed E-state index contributed by atoms with van der Waals surface area (Å²) in [5.74, 6) is -0.211. The monoisotopic (exact) mass is 305 g/mol. The molecule has 1 aromatic rings. The zero-order chi connectivity index (χ0) is 12.0. The number of benzene rings is 1. The smallest absolute Gasteiger partial charge is 0.306 e. The van der Waals surface area contributed by atoms with Crippen molar-refractivity contribution in [3.8, 4) is 0 Å². The molecule has 0 aliphatic rings. The average molecular weight is 307 g/mol. The number of carbonyl (C=O) groups is 1. The molecule has 1 aromatic carbocycles. The minimum atomic E-state index is -0.211. The summed E-state index contributed by atoms with van der Waals surface area (Å²) in [5, 5.41) is 3.85. The van der Waals surface area contributed by atoms with Gasteiger partial charge in [0, 0.05) is 22.6 Å². The summed E-state index contributed by atoms with van der Waals surface area (Å²) in [7, 11) is 1.38. The Labute approximate surface area is 108 Å². The van der Waals surface area contributed by atoms with Gasteiger partial charge in [0.25, 0.3) is 0 Å². The minimum absolute atomic E-state index is 0.211. The van der Waals surface area contributed by atoms with Crippen LogP contribution in [0.2, 0.25) is 5.02 Å². The Bertz CT molecular complexity index is 371. The van der Waals surface area contributed by atoms with Gasteiger partial charge in [-0.25, -0.2) is 0 Å². The fraction of sp³-hybridized carbons (Fsp3) is 0.364. The molecule has 3 nitrogen and oxygen atoms in total. The first kappa shape index (κ1) is 13.5. The van der Waals surface area contributed by atoms with Crippen LogP contribution in [0.4, 0.5) is 0 Å². The van der Waals surface area contributed by atoms with Crippen LogP contribution in [-0.2, 0) is 16.1 Å². The van der Waals surface area contributed by atoms with Gasteiger partial charge in [-0.2, -0.15) is 0 Å². The largest absolute Gasteiger partial charge is 0.469 e. The number of halogens is 2. The van der Waals surface area contributed by atoms with Crippen LogP contribution in [-0.4, -0.2) is 19.6 Å². The van der Waals surface area contributed by atoms with Crippen molar-refractivity contribution in [1.29, 1.82) is 0 Å². The highest BCUT2D eigenvalue weighted by Gasteiger charge is 2.02. The molecule has 0 unspecified atom stereocenters. The Balaban J connectivity index is 2.37. The molecule has 0 heterocycles. The van der Waals surface area contributed by atoms with E-state index in [2.05, 4.69) is 26.0 Å². The number of hydrogen-bond donors (Lipinski definition) is 1. The van der Waals surface area contributed by atoms with Gasteiger partial charge in [0.15, 0.2) is 0 Å². The lowest BCUT2D eigenvalue weighted by Gasteiger charge is -2.06. The SMILES string of the molecule is COC(=O)CCNCc1cc(Cl)ccc1Br. The normalized spacial score (nSPS) is 10.2. The van der Waals surface area contributed by atoms with Crippen LogP contribution >= 0.6 is 27.5 Å². The first-order valence-electron chi connectivity index (χ1n) is 4.85. The van der Waals surface area contributed by atoms with Crippen LogP contribution in [0.3, 0.4) is 0 Å². The van der Waals surface area contributed by atoms with Crippen LogP contribution in [0.15, 0.2) is 22.7 Å². The van der Waals surface area contributed by atoms with Gasteiger partial charge in [-0.15, -0.1) is 0 Å². The van der Waals surface area contributed by atoms with E-state index in [1.54, 1.807) is 0 Å². The van der Waals surface area contributed by atoms with Crippen molar-refractivity contribution in [3.63, 3.8) is 0 Å². The maximum absolute atomic E-state index is 10.9. The highest BCUT2D eigenvalue weighted by Crippen LogP contribution is 2.20. The summed E-state index contributed by atoms with van der Waals surface area (Å²) in [4.78, 5) is 10.9. The number of esters is 1. The van der Waals surface area contributed by atoms with Gasteiger partial charge >= 0.3 is 5.97 Å². The van der Waals surface area contributed by atoms with E-state index >= 15 is 0 Å². The van der Waals surface area contributed by atoms with E-state index in [4.69, 9.17) is 11.6 Å². The van der Waals surface area contributed by atoms with E-state index in [1.165, 1.54) is 7.11 Å². The highest BCUT2D eigenvalue weighted by molar-refractivity contribution is 9.10. The lowest BCUT2D eigenvalue weighted by atomic mass is 10.2. The fourth-order valence-corrected chi connectivity index (χ4v) is 1.78. The molecule has 0 atom stereocenters. The molecule has 0 aliphatic heterocycles. The topological polar surface area (TPSA) is 38.3 Å². The summed E-state index contributed by atoms with van der Waals surface area (Å²) in [5.41, 5.74) is 1.07. The Morgan fingerprint density at radius 3 is 3.00 bits per heavy atom. The van der Waals surface area contributed by atoms with Gasteiger partial charge in [0.2, 0.25) is 0 Å². The molecule has 1 rings (SSSR count). The second-order valence-corrected chi connectivity index (χ2v) is 4.53. The lowest BCUT2D eigenvalue weighted by Crippen LogP contribution is -2.18. The molecule has 0 radical (unpaired) electrons. The molecule has 0 fully saturated rings. The van der Waals surface area contributed by atoms with Crippen molar-refractivity contribution >= 4 is 33.5 Å². The van der Waals surface area contributed by atoms with Crippen molar-refractivity contribution < 1.29 is 9.53 Å². The molecule has 0 spiro atoms. The van der Waals surface area contributed by atoms with Gasteiger partial charge in [0.1, 0.15) is 0 Å². The Hall–Kier alpha value is -0.580. The molecule has 0 bridgehead atoms. The van der Waals surface area contributed by atoms with Gasteiger partial charge in [-0.05, 0) is 23.8 Å². The number of nitrogens with one attached hydrogen (secondary N) is 1. The van der Waals surface area contributed by atoms with E-state index in [1.807, 2.05) is 18.2 Å². The maximum Gasteiger partial charge on any atom is 0.306 e. The first-order valence-corrected chi connectivity index (χ1v) is 6.02. The van der Waals surface area contributed by atoms with Crippen LogP contribution in [0.25, 0.3) is 0 Å². The fourth-order valence-electron chi connectivity index (χ4n) is 1.19. The quantitative estimate of drug-likeness (QED) is 0.671. The third kappa shape index (κ3) is 4.51. The average Bonchev–Trinajstić information content (AvgIpc) is 2.28. The third-order valence-corrected chi connectivity index (χ3v) is 3.07. The number of rotatable bonds is 5. The second-order valence-electron chi connectivity index (χ2n) is 3.24. The van der Waals surface area contributed by atoms with Gasteiger partial charge < -0.3 is 10.1 Å². The summed E-state index contributed by atoms with van der Waals surface area (Å²) < 4.78 is 5.54. The molecular formula is C11H13BrClNO2. The van der Waals surface area contributed by atoms with Crippen LogP contribution in [0, 0.1) is 0 Å². The molecule has 0 saturated carbocycles. The first-order chi connectivity index (χ1) is 7.63. The molecule has 16 heavy (non-hydrogen) atoms. The van der Waals surface area contributed by atoms with Crippen molar-refractivity contribution in [2.24, 2.45) is 0 Å². The van der Waals surface area contributed by atoms with Gasteiger partial charge in [-0.3, -0.25) is 4.79 Å². The predicted molar refractivity (Wildman–Crippen MR) is 67.5 cm³/mol. The molecule has 0 aliphatic carbocycles. The summed E-state index contributed by atoms with van der Waals surface area (Å²) in [6.45, 7) is 1.25. The molecule has 0 amide bonds. The predicted octanol–water partition coefficient (Wildman–Crippen LogP) is 2.76. The maximum atomic E-state index is 10.9. The van der Waals surface area contributed by atoms with Crippen molar-refractivity contribution in [2.75, 3.05) is 13.7 Å². The second kappa shape index (κ2) is 6.89. The summed E-state index contributed by atoms with van der Waals surface area (Å²) >= 11 is 9.31. The molecule has 5 heteroatoms. The molecule has 0 aromatic heterocycles. The Morgan fingerprint density at radius 2 is 2.31 bits per heavy atom. The number of carbonyl (C=O) groups excluding carboxylic acids is 1. The van der Waals surface area contributed by atoms with E-state index in [9.17, 15) is 4.79 Å². The summed E-state index contributed by atoms with van der Waals surface area (Å²) in [6, 6.07) is 5.61. The Morgan fingerprint density at radius 1 is 1.56 bits per heavy atom. The van der Waals surface area contributed by atoms with E-state index in [-0.39, 0.29) is 5.97 Å². The molecule has 0 saturated heterocycles. The zero-order valence-electron chi connectivity index (χ0n) is 8.93. The molecule has 1 N–H and O–H groups in total. The van der Waals surface area contributed by atoms with Gasteiger partial charge in [0.05, 0.1) is 13.5 Å². The van der Waals surface area contributed by atoms with E-state index in [0.29, 0.717) is 24.5 Å². The van der Waals surface area contributed by atoms with Crippen LogP contribution in [0.1, 0.15) is 12.0 Å². The van der Waals surface area contributed by atoms with Crippen molar-refractivity contribution in [2.45, 2.75) is 13.0 Å². The molecule has 88 valence electrons. The van der Waals surface area contributed by atoms with Crippen LogP contribution < -0.4 is 5.32 Å². The van der Waals surface area contributed by atoms with E-state index in [0.717, 1.165) is 10.0 Å². The van der Waals surface area contributed by atoms with Crippen LogP contribution in [0.5, 0.6) is 0 Å². The van der Waals surface area contributed by atoms with E-state index < -0.39 is 0 Å². The lowest BCUT2D eigenvalue weighted by molar-refractivity contribution is -0.140. The number of methoxy groups -OCH3 is 1. The van der Waals surface area contributed by atoms with Crippen molar-refractivity contribution in [1.82, 2.24) is 5.32 Å². The Kier molecular flexibility index (Phi) is 5.80. The minimum Gasteiger partial charge on any atom is -0.469 e. The standard InChI is InChI=1S/C11H13BrClNO2/c1-16-11(15)4-5-14-7-8-6-9(13)2-3-10(8)12/h2-3,6,14H,4-5,7H2,1H3. The van der Waals surface area contributed by atoms with Gasteiger partial charge in [-0.1, -0.05) is 27.5 Å². The highest BCUT2D eigenvalue weighted by atomic mass is 79.9. The third-order valence-electron chi connectivity index (χ3n) is 2.06.